The Kier molecular flexibility index (Phi) is 3.19. The van der Waals surface area contributed by atoms with Crippen molar-refractivity contribution in [2.24, 2.45) is 11.8 Å². The summed E-state index contributed by atoms with van der Waals surface area (Å²) >= 11 is 1.79. The Morgan fingerprint density at radius 3 is 3.18 bits per heavy atom. The van der Waals surface area contributed by atoms with Crippen LogP contribution >= 0.6 is 11.3 Å². The van der Waals surface area contributed by atoms with Gasteiger partial charge in [-0.15, -0.1) is 11.3 Å². The summed E-state index contributed by atoms with van der Waals surface area (Å²) in [7, 11) is 0. The Morgan fingerprint density at radius 2 is 2.47 bits per heavy atom. The molecule has 94 valence electrons. The van der Waals surface area contributed by atoms with Gasteiger partial charge in [-0.05, 0) is 38.3 Å². The van der Waals surface area contributed by atoms with Crippen LogP contribution in [-0.4, -0.2) is 35.6 Å². The topological polar surface area (TPSA) is 28.2 Å². The lowest BCUT2D eigenvalue weighted by molar-refractivity contribution is 0.165. The highest BCUT2D eigenvalue weighted by Crippen LogP contribution is 2.39. The van der Waals surface area contributed by atoms with Crippen molar-refractivity contribution < 1.29 is 0 Å². The van der Waals surface area contributed by atoms with Crippen molar-refractivity contribution in [3.05, 3.63) is 16.6 Å². The van der Waals surface area contributed by atoms with Crippen LogP contribution in [0.3, 0.4) is 0 Å². The first-order chi connectivity index (χ1) is 8.31. The van der Waals surface area contributed by atoms with Crippen LogP contribution in [0, 0.1) is 11.8 Å². The summed E-state index contributed by atoms with van der Waals surface area (Å²) in [5.74, 6) is 1.73. The van der Waals surface area contributed by atoms with E-state index in [-0.39, 0.29) is 0 Å². The molecule has 2 fully saturated rings. The van der Waals surface area contributed by atoms with Crippen molar-refractivity contribution >= 4 is 11.3 Å². The third kappa shape index (κ3) is 1.92. The largest absolute Gasteiger partial charge is 0.316 e. The predicted molar refractivity (Wildman–Crippen MR) is 71.2 cm³/mol. The van der Waals surface area contributed by atoms with Crippen molar-refractivity contribution in [2.75, 3.05) is 19.6 Å². The van der Waals surface area contributed by atoms with E-state index in [1.54, 1.807) is 11.3 Å². The van der Waals surface area contributed by atoms with Gasteiger partial charge in [-0.3, -0.25) is 4.90 Å². The van der Waals surface area contributed by atoms with Gasteiger partial charge in [0.1, 0.15) is 5.01 Å². The number of aromatic nitrogens is 1. The fraction of sp³-hybridized carbons (Fsp3) is 0.769. The second-order valence-electron chi connectivity index (χ2n) is 5.30. The molecule has 1 aromatic rings. The molecule has 3 nitrogen and oxygen atoms in total. The molecule has 2 aliphatic rings. The molecule has 3 rings (SSSR count). The van der Waals surface area contributed by atoms with Crippen LogP contribution < -0.4 is 5.32 Å². The summed E-state index contributed by atoms with van der Waals surface area (Å²) < 4.78 is 0. The maximum absolute atomic E-state index is 4.48. The van der Waals surface area contributed by atoms with Gasteiger partial charge in [-0.25, -0.2) is 4.98 Å². The molecular formula is C13H21N3S. The number of fused-ring (bicyclic) bond motifs is 1. The van der Waals surface area contributed by atoms with Gasteiger partial charge in [-0.1, -0.05) is 6.92 Å². The van der Waals surface area contributed by atoms with E-state index in [1.165, 1.54) is 31.1 Å². The van der Waals surface area contributed by atoms with Crippen LogP contribution in [0.15, 0.2) is 11.6 Å². The zero-order valence-electron chi connectivity index (χ0n) is 10.6. The fourth-order valence-corrected chi connectivity index (χ4v) is 4.34. The average molecular weight is 251 g/mol. The first-order valence-electron chi connectivity index (χ1n) is 6.67. The molecule has 0 amide bonds. The molecule has 0 radical (unpaired) electrons. The van der Waals surface area contributed by atoms with E-state index in [4.69, 9.17) is 0 Å². The highest BCUT2D eigenvalue weighted by molar-refractivity contribution is 7.09. The molecule has 0 spiro atoms. The predicted octanol–water partition coefficient (Wildman–Crippen LogP) is 2.13. The average Bonchev–Trinajstić information content (AvgIpc) is 3.03. The number of thiazole rings is 1. The highest BCUT2D eigenvalue weighted by Gasteiger charge is 2.45. The summed E-state index contributed by atoms with van der Waals surface area (Å²) in [5.41, 5.74) is 0. The van der Waals surface area contributed by atoms with E-state index >= 15 is 0 Å². The molecule has 4 atom stereocenters. The number of likely N-dealkylation sites (tertiary alicyclic amines) is 1. The Hall–Kier alpha value is -0.450. The lowest BCUT2D eigenvalue weighted by atomic mass is 9.92. The van der Waals surface area contributed by atoms with Crippen LogP contribution in [0.5, 0.6) is 0 Å². The first-order valence-corrected chi connectivity index (χ1v) is 7.55. The van der Waals surface area contributed by atoms with Gasteiger partial charge in [0.05, 0.1) is 6.04 Å². The highest BCUT2D eigenvalue weighted by atomic mass is 32.1. The van der Waals surface area contributed by atoms with Crippen LogP contribution in [0.2, 0.25) is 0 Å². The third-order valence-corrected chi connectivity index (χ3v) is 5.43. The zero-order chi connectivity index (χ0) is 11.8. The van der Waals surface area contributed by atoms with Crippen molar-refractivity contribution in [2.45, 2.75) is 32.4 Å². The minimum atomic E-state index is 0.491. The molecule has 2 saturated heterocycles. The standard InChI is InChI=1S/C13H21N3S/c1-3-12-11-7-14-6-10(11)8-16(12)9(2)13-15-4-5-17-13/h4-5,9-12,14H,3,6-8H2,1-2H3. The Balaban J connectivity index is 1.79. The molecule has 0 aliphatic carbocycles. The zero-order valence-corrected chi connectivity index (χ0v) is 11.4. The van der Waals surface area contributed by atoms with Crippen molar-refractivity contribution in [1.82, 2.24) is 15.2 Å². The molecule has 0 aromatic carbocycles. The molecule has 17 heavy (non-hydrogen) atoms. The molecule has 1 N–H and O–H groups in total. The molecule has 4 unspecified atom stereocenters. The number of rotatable bonds is 3. The summed E-state index contributed by atoms with van der Waals surface area (Å²) in [4.78, 5) is 7.17. The lowest BCUT2D eigenvalue weighted by Crippen LogP contribution is -2.36. The van der Waals surface area contributed by atoms with Crippen molar-refractivity contribution in [3.63, 3.8) is 0 Å². The first kappa shape index (κ1) is 11.6. The quantitative estimate of drug-likeness (QED) is 0.892. The van der Waals surface area contributed by atoms with E-state index < -0.39 is 0 Å². The van der Waals surface area contributed by atoms with Gasteiger partial charge in [0.15, 0.2) is 0 Å². The molecule has 2 aliphatic heterocycles. The minimum absolute atomic E-state index is 0.491. The number of hydrogen-bond donors (Lipinski definition) is 1. The minimum Gasteiger partial charge on any atom is -0.316 e. The lowest BCUT2D eigenvalue weighted by Gasteiger charge is -2.31. The van der Waals surface area contributed by atoms with E-state index in [2.05, 4.69) is 34.4 Å². The molecule has 0 bridgehead atoms. The van der Waals surface area contributed by atoms with Crippen molar-refractivity contribution in [3.8, 4) is 0 Å². The Morgan fingerprint density at radius 1 is 1.59 bits per heavy atom. The number of nitrogens with zero attached hydrogens (tertiary/aromatic N) is 2. The van der Waals surface area contributed by atoms with Crippen LogP contribution in [0.1, 0.15) is 31.3 Å². The summed E-state index contributed by atoms with van der Waals surface area (Å²) in [6, 6.07) is 1.24. The Labute approximate surface area is 107 Å². The van der Waals surface area contributed by atoms with E-state index in [9.17, 15) is 0 Å². The smallest absolute Gasteiger partial charge is 0.109 e. The normalized spacial score (nSPS) is 35.1. The van der Waals surface area contributed by atoms with Gasteiger partial charge >= 0.3 is 0 Å². The molecule has 4 heteroatoms. The van der Waals surface area contributed by atoms with Gasteiger partial charge in [0.25, 0.3) is 0 Å². The van der Waals surface area contributed by atoms with Crippen LogP contribution in [-0.2, 0) is 0 Å². The fourth-order valence-electron chi connectivity index (χ4n) is 3.62. The molecule has 0 saturated carbocycles. The monoisotopic (exact) mass is 251 g/mol. The number of nitrogens with one attached hydrogen (secondary N) is 1. The second-order valence-corrected chi connectivity index (χ2v) is 6.23. The molecular weight excluding hydrogens is 230 g/mol. The summed E-state index contributed by atoms with van der Waals surface area (Å²) in [6.45, 7) is 8.31. The van der Waals surface area contributed by atoms with E-state index in [0.717, 1.165) is 17.9 Å². The van der Waals surface area contributed by atoms with Crippen molar-refractivity contribution in [1.29, 1.82) is 0 Å². The summed E-state index contributed by atoms with van der Waals surface area (Å²) in [6.07, 6.45) is 3.19. The van der Waals surface area contributed by atoms with Crippen LogP contribution in [0.25, 0.3) is 0 Å². The van der Waals surface area contributed by atoms with Crippen LogP contribution in [0.4, 0.5) is 0 Å². The Bertz CT molecular complexity index is 365. The second kappa shape index (κ2) is 4.67. The molecule has 1 aromatic heterocycles. The van der Waals surface area contributed by atoms with E-state index in [1.807, 2.05) is 6.20 Å². The van der Waals surface area contributed by atoms with Gasteiger partial charge in [0, 0.05) is 24.2 Å². The third-order valence-electron chi connectivity index (χ3n) is 4.48. The maximum atomic E-state index is 4.48. The van der Waals surface area contributed by atoms with E-state index in [0.29, 0.717) is 6.04 Å². The molecule has 3 heterocycles. The maximum Gasteiger partial charge on any atom is 0.109 e. The summed E-state index contributed by atoms with van der Waals surface area (Å²) in [5, 5.41) is 6.91. The van der Waals surface area contributed by atoms with Gasteiger partial charge in [0.2, 0.25) is 0 Å². The number of hydrogen-bond acceptors (Lipinski definition) is 4. The van der Waals surface area contributed by atoms with Gasteiger partial charge in [-0.2, -0.15) is 0 Å². The van der Waals surface area contributed by atoms with Gasteiger partial charge < -0.3 is 5.32 Å². The SMILES string of the molecule is CCC1C2CNCC2CN1C(C)c1nccs1.